The van der Waals surface area contributed by atoms with Gasteiger partial charge in [-0.15, -0.1) is 0 Å². The molecule has 0 saturated carbocycles. The quantitative estimate of drug-likeness (QED) is 0.798. The highest BCUT2D eigenvalue weighted by molar-refractivity contribution is 5.98. The molecule has 1 aliphatic rings. The molecule has 1 saturated heterocycles. The molecule has 1 amide bonds. The Morgan fingerprint density at radius 2 is 2.08 bits per heavy atom. The van der Waals surface area contributed by atoms with E-state index in [-0.39, 0.29) is 5.91 Å². The number of nitrogens with one attached hydrogen (secondary N) is 1. The molecule has 0 radical (unpaired) electrons. The first kappa shape index (κ1) is 15.6. The molecule has 6 heteroatoms. The molecule has 3 aromatic rings. The number of carbonyl (C=O) groups is 1. The summed E-state index contributed by atoms with van der Waals surface area (Å²) in [5.41, 5.74) is 0.437. The van der Waals surface area contributed by atoms with E-state index in [0.717, 1.165) is 29.4 Å². The number of ether oxygens (including phenoxy) is 1. The van der Waals surface area contributed by atoms with Gasteiger partial charge in [-0.2, -0.15) is 0 Å². The molecule has 0 spiro atoms. The van der Waals surface area contributed by atoms with E-state index in [0.29, 0.717) is 30.6 Å². The molecule has 1 aromatic carbocycles. The molecular weight excluding hydrogens is 316 g/mol. The molecule has 4 rings (SSSR count). The van der Waals surface area contributed by atoms with Crippen molar-refractivity contribution < 1.29 is 9.53 Å². The van der Waals surface area contributed by atoms with Crippen LogP contribution >= 0.6 is 0 Å². The lowest BCUT2D eigenvalue weighted by Crippen LogP contribution is -2.38. The first-order valence-electron chi connectivity index (χ1n) is 8.48. The molecule has 1 aliphatic heterocycles. The Balaban J connectivity index is 1.54. The summed E-state index contributed by atoms with van der Waals surface area (Å²) in [4.78, 5) is 26.7. The number of likely N-dealkylation sites (tertiary alicyclic amines) is 1. The van der Waals surface area contributed by atoms with Crippen LogP contribution in [0.25, 0.3) is 10.8 Å². The molecule has 0 atom stereocenters. The highest BCUT2D eigenvalue weighted by Crippen LogP contribution is 2.28. The second-order valence-corrected chi connectivity index (χ2v) is 6.28. The number of imidazole rings is 1. The number of methoxy groups -OCH3 is 1. The van der Waals surface area contributed by atoms with Crippen LogP contribution in [0, 0.1) is 0 Å². The third kappa shape index (κ3) is 2.95. The van der Waals surface area contributed by atoms with Gasteiger partial charge < -0.3 is 14.6 Å². The fourth-order valence-corrected chi connectivity index (χ4v) is 3.45. The molecule has 0 bridgehead atoms. The molecule has 128 valence electrons. The number of hydrogen-bond donors (Lipinski definition) is 1. The normalized spacial score (nSPS) is 15.5. The lowest BCUT2D eigenvalue weighted by atomic mass is 9.96. The van der Waals surface area contributed by atoms with E-state index in [1.165, 1.54) is 0 Å². The number of fused-ring (bicyclic) bond motifs is 1. The van der Waals surface area contributed by atoms with E-state index in [1.807, 2.05) is 41.4 Å². The van der Waals surface area contributed by atoms with Gasteiger partial charge >= 0.3 is 0 Å². The van der Waals surface area contributed by atoms with Gasteiger partial charge in [0.2, 0.25) is 5.88 Å². The first-order chi connectivity index (χ1) is 12.3. The van der Waals surface area contributed by atoms with Gasteiger partial charge in [-0.05, 0) is 30.4 Å². The Morgan fingerprint density at radius 1 is 1.28 bits per heavy atom. The predicted molar refractivity (Wildman–Crippen MR) is 94.8 cm³/mol. The van der Waals surface area contributed by atoms with Gasteiger partial charge in [0.15, 0.2) is 0 Å². The zero-order valence-corrected chi connectivity index (χ0v) is 14.1. The number of hydrogen-bond acceptors (Lipinski definition) is 4. The maximum absolute atomic E-state index is 12.9. The van der Waals surface area contributed by atoms with Crippen molar-refractivity contribution in [3.63, 3.8) is 0 Å². The molecule has 2 aromatic heterocycles. The number of aromatic nitrogens is 3. The summed E-state index contributed by atoms with van der Waals surface area (Å²) in [5, 5.41) is 1.88. The van der Waals surface area contributed by atoms with Crippen LogP contribution in [0.5, 0.6) is 5.88 Å². The number of benzene rings is 1. The predicted octanol–water partition coefficient (Wildman–Crippen LogP) is 2.99. The number of nitrogens with zero attached hydrogens (tertiary/aromatic N) is 3. The fraction of sp³-hybridized carbons (Fsp3) is 0.316. The smallest absolute Gasteiger partial charge is 0.272 e. The Kier molecular flexibility index (Phi) is 4.09. The van der Waals surface area contributed by atoms with Crippen molar-refractivity contribution >= 4 is 16.7 Å². The van der Waals surface area contributed by atoms with Gasteiger partial charge in [0.25, 0.3) is 5.91 Å². The van der Waals surface area contributed by atoms with E-state index in [4.69, 9.17) is 4.74 Å². The van der Waals surface area contributed by atoms with Crippen molar-refractivity contribution in [2.75, 3.05) is 20.2 Å². The summed E-state index contributed by atoms with van der Waals surface area (Å²) in [7, 11) is 1.58. The molecule has 25 heavy (non-hydrogen) atoms. The Hall–Kier alpha value is -2.89. The van der Waals surface area contributed by atoms with Crippen LogP contribution in [0.15, 0.2) is 42.7 Å². The van der Waals surface area contributed by atoms with Crippen molar-refractivity contribution in [2.45, 2.75) is 18.8 Å². The summed E-state index contributed by atoms with van der Waals surface area (Å²) in [5.74, 6) is 1.85. The second kappa shape index (κ2) is 6.55. The van der Waals surface area contributed by atoms with Crippen LogP contribution in [0.4, 0.5) is 0 Å². The van der Waals surface area contributed by atoms with Crippen LogP contribution in [0.1, 0.15) is 35.1 Å². The van der Waals surface area contributed by atoms with Crippen molar-refractivity contribution in [2.24, 2.45) is 0 Å². The van der Waals surface area contributed by atoms with Gasteiger partial charge in [-0.1, -0.05) is 18.2 Å². The number of rotatable bonds is 3. The maximum Gasteiger partial charge on any atom is 0.272 e. The lowest BCUT2D eigenvalue weighted by molar-refractivity contribution is 0.0704. The summed E-state index contributed by atoms with van der Waals surface area (Å²) in [6.07, 6.45) is 5.43. The van der Waals surface area contributed by atoms with Gasteiger partial charge in [-0.3, -0.25) is 4.79 Å². The minimum atomic E-state index is -0.0399. The van der Waals surface area contributed by atoms with E-state index in [2.05, 4.69) is 15.0 Å². The summed E-state index contributed by atoms with van der Waals surface area (Å²) >= 11 is 0. The van der Waals surface area contributed by atoms with Crippen molar-refractivity contribution in [1.82, 2.24) is 19.9 Å². The third-order valence-electron chi connectivity index (χ3n) is 4.81. The topological polar surface area (TPSA) is 71.1 Å². The number of amides is 1. The maximum atomic E-state index is 12.9. The standard InChI is InChI=1S/C19H20N4O2/c1-25-18-15-5-3-2-4-14(15)12-16(22-18)19(24)23-10-6-13(7-11-23)17-20-8-9-21-17/h2-5,8-9,12-13H,6-7,10-11H2,1H3,(H,20,21). The largest absolute Gasteiger partial charge is 0.481 e. The molecule has 1 N–H and O–H groups in total. The summed E-state index contributed by atoms with van der Waals surface area (Å²) in [6, 6.07) is 9.65. The Morgan fingerprint density at radius 3 is 2.80 bits per heavy atom. The zero-order valence-electron chi connectivity index (χ0n) is 14.1. The van der Waals surface area contributed by atoms with E-state index >= 15 is 0 Å². The Labute approximate surface area is 145 Å². The number of carbonyl (C=O) groups excluding carboxylic acids is 1. The van der Waals surface area contributed by atoms with Gasteiger partial charge in [0.1, 0.15) is 11.5 Å². The Bertz CT molecular complexity index is 884. The first-order valence-corrected chi connectivity index (χ1v) is 8.48. The molecule has 3 heterocycles. The summed E-state index contributed by atoms with van der Waals surface area (Å²) < 4.78 is 5.38. The molecule has 0 aliphatic carbocycles. The van der Waals surface area contributed by atoms with Crippen LogP contribution in [0.3, 0.4) is 0 Å². The van der Waals surface area contributed by atoms with Gasteiger partial charge in [0, 0.05) is 36.8 Å². The zero-order chi connectivity index (χ0) is 17.2. The average Bonchev–Trinajstić information content (AvgIpc) is 3.21. The third-order valence-corrected chi connectivity index (χ3v) is 4.81. The number of H-pyrrole nitrogens is 1. The van der Waals surface area contributed by atoms with E-state index < -0.39 is 0 Å². The molecule has 0 unspecified atom stereocenters. The van der Waals surface area contributed by atoms with Gasteiger partial charge in [0.05, 0.1) is 7.11 Å². The highest BCUT2D eigenvalue weighted by Gasteiger charge is 2.27. The highest BCUT2D eigenvalue weighted by atomic mass is 16.5. The van der Waals surface area contributed by atoms with Crippen molar-refractivity contribution in [1.29, 1.82) is 0 Å². The lowest BCUT2D eigenvalue weighted by Gasteiger charge is -2.31. The second-order valence-electron chi connectivity index (χ2n) is 6.28. The fourth-order valence-electron chi connectivity index (χ4n) is 3.45. The minimum Gasteiger partial charge on any atom is -0.481 e. The number of pyridine rings is 1. The average molecular weight is 336 g/mol. The molecular formula is C19H20N4O2. The minimum absolute atomic E-state index is 0.0399. The molecule has 6 nitrogen and oxygen atoms in total. The van der Waals surface area contributed by atoms with E-state index in [1.54, 1.807) is 13.3 Å². The summed E-state index contributed by atoms with van der Waals surface area (Å²) in [6.45, 7) is 1.42. The monoisotopic (exact) mass is 336 g/mol. The van der Waals surface area contributed by atoms with Crippen molar-refractivity contribution in [3.8, 4) is 5.88 Å². The molecule has 1 fully saturated rings. The van der Waals surface area contributed by atoms with Crippen LogP contribution in [0.2, 0.25) is 0 Å². The van der Waals surface area contributed by atoms with Gasteiger partial charge in [-0.25, -0.2) is 9.97 Å². The number of aromatic amines is 1. The van der Waals surface area contributed by atoms with Crippen molar-refractivity contribution in [3.05, 3.63) is 54.2 Å². The number of piperidine rings is 1. The van der Waals surface area contributed by atoms with Crippen LogP contribution in [-0.4, -0.2) is 46.0 Å². The SMILES string of the molecule is COc1nc(C(=O)N2CCC(c3ncc[nH]3)CC2)cc2ccccc12. The van der Waals surface area contributed by atoms with E-state index in [9.17, 15) is 4.79 Å². The van der Waals surface area contributed by atoms with Crippen LogP contribution < -0.4 is 4.74 Å². The van der Waals surface area contributed by atoms with Crippen LogP contribution in [-0.2, 0) is 0 Å².